The lowest BCUT2D eigenvalue weighted by Gasteiger charge is -2.26. The zero-order valence-electron chi connectivity index (χ0n) is 15.6. The molecule has 1 atom stereocenters. The van der Waals surface area contributed by atoms with Gasteiger partial charge in [-0.2, -0.15) is 0 Å². The number of furan rings is 1. The van der Waals surface area contributed by atoms with Gasteiger partial charge in [-0.25, -0.2) is 18.8 Å². The number of para-hydroxylation sites is 1. The van der Waals surface area contributed by atoms with Crippen molar-refractivity contribution in [3.05, 3.63) is 46.6 Å². The number of ether oxygens (including phenoxy) is 2. The van der Waals surface area contributed by atoms with Crippen LogP contribution in [0.3, 0.4) is 0 Å². The summed E-state index contributed by atoms with van der Waals surface area (Å²) in [7, 11) is 0. The molecule has 0 bridgehead atoms. The standard InChI is InChI=1S/C19H19FN2O6/c1-4-26-17(23)14-10(3)21-19(25)22-13(14)8-27-18(24)15-9(2)11-6-5-7-12(20)16(11)28-15/h5-7,10H,4,8H2,1-3H3,(H2,21,22,25). The molecule has 0 spiro atoms. The fourth-order valence-corrected chi connectivity index (χ4v) is 3.00. The van der Waals surface area contributed by atoms with Gasteiger partial charge in [-0.1, -0.05) is 12.1 Å². The molecular weight excluding hydrogens is 371 g/mol. The first kappa shape index (κ1) is 19.4. The second-order valence-corrected chi connectivity index (χ2v) is 6.18. The first-order valence-electron chi connectivity index (χ1n) is 8.65. The van der Waals surface area contributed by atoms with Crippen LogP contribution in [0, 0.1) is 12.7 Å². The SMILES string of the molecule is CCOC(=O)C1=C(COC(=O)c2oc3c(F)cccc3c2C)NC(=O)NC1C. The number of carbonyl (C=O) groups is 3. The third-order valence-corrected chi connectivity index (χ3v) is 4.31. The van der Waals surface area contributed by atoms with Crippen LogP contribution in [0.5, 0.6) is 0 Å². The van der Waals surface area contributed by atoms with E-state index in [9.17, 15) is 18.8 Å². The Morgan fingerprint density at radius 3 is 2.68 bits per heavy atom. The first-order valence-corrected chi connectivity index (χ1v) is 8.65. The number of hydrogen-bond donors (Lipinski definition) is 2. The van der Waals surface area contributed by atoms with Gasteiger partial charge >= 0.3 is 18.0 Å². The summed E-state index contributed by atoms with van der Waals surface area (Å²) in [5, 5.41) is 5.46. The van der Waals surface area contributed by atoms with Crippen molar-refractivity contribution in [2.24, 2.45) is 0 Å². The van der Waals surface area contributed by atoms with Crippen molar-refractivity contribution in [3.8, 4) is 0 Å². The van der Waals surface area contributed by atoms with E-state index in [1.165, 1.54) is 12.1 Å². The maximum absolute atomic E-state index is 13.9. The summed E-state index contributed by atoms with van der Waals surface area (Å²) in [6.45, 7) is 4.64. The van der Waals surface area contributed by atoms with Crippen LogP contribution in [-0.2, 0) is 14.3 Å². The van der Waals surface area contributed by atoms with E-state index in [0.717, 1.165) is 0 Å². The van der Waals surface area contributed by atoms with Gasteiger partial charge in [-0.05, 0) is 26.8 Å². The third-order valence-electron chi connectivity index (χ3n) is 4.31. The lowest BCUT2D eigenvalue weighted by atomic mass is 10.0. The van der Waals surface area contributed by atoms with Crippen molar-refractivity contribution in [3.63, 3.8) is 0 Å². The van der Waals surface area contributed by atoms with E-state index in [-0.39, 0.29) is 35.8 Å². The van der Waals surface area contributed by atoms with E-state index in [0.29, 0.717) is 10.9 Å². The Hall–Kier alpha value is -3.36. The van der Waals surface area contributed by atoms with Crippen molar-refractivity contribution in [2.75, 3.05) is 13.2 Å². The molecule has 0 saturated carbocycles. The van der Waals surface area contributed by atoms with E-state index < -0.39 is 29.8 Å². The van der Waals surface area contributed by atoms with Crippen molar-refractivity contribution in [2.45, 2.75) is 26.8 Å². The highest BCUT2D eigenvalue weighted by Crippen LogP contribution is 2.28. The molecule has 1 aromatic heterocycles. The highest BCUT2D eigenvalue weighted by atomic mass is 19.1. The molecule has 0 aliphatic carbocycles. The Morgan fingerprint density at radius 2 is 2.00 bits per heavy atom. The zero-order valence-corrected chi connectivity index (χ0v) is 15.6. The average Bonchev–Trinajstić information content (AvgIpc) is 2.98. The predicted octanol–water partition coefficient (Wildman–Crippen LogP) is 2.56. The number of nitrogens with one attached hydrogen (secondary N) is 2. The topological polar surface area (TPSA) is 107 Å². The van der Waals surface area contributed by atoms with Gasteiger partial charge in [-0.15, -0.1) is 0 Å². The molecule has 28 heavy (non-hydrogen) atoms. The van der Waals surface area contributed by atoms with Gasteiger partial charge < -0.3 is 24.5 Å². The van der Waals surface area contributed by atoms with Gasteiger partial charge in [-0.3, -0.25) is 0 Å². The van der Waals surface area contributed by atoms with Crippen LogP contribution in [0.2, 0.25) is 0 Å². The number of carbonyl (C=O) groups excluding carboxylic acids is 3. The molecule has 1 aromatic carbocycles. The largest absolute Gasteiger partial charge is 0.463 e. The number of aryl methyl sites for hydroxylation is 1. The summed E-state index contributed by atoms with van der Waals surface area (Å²) in [5.41, 5.74) is 0.661. The van der Waals surface area contributed by atoms with Crippen LogP contribution in [0.25, 0.3) is 11.0 Å². The Morgan fingerprint density at radius 1 is 1.25 bits per heavy atom. The van der Waals surface area contributed by atoms with Crippen molar-refractivity contribution in [1.82, 2.24) is 10.6 Å². The van der Waals surface area contributed by atoms with Gasteiger partial charge in [0.05, 0.1) is 23.9 Å². The molecule has 1 aliphatic heterocycles. The number of urea groups is 1. The molecule has 2 heterocycles. The predicted molar refractivity (Wildman–Crippen MR) is 96.0 cm³/mol. The fraction of sp³-hybridized carbons (Fsp3) is 0.316. The lowest BCUT2D eigenvalue weighted by Crippen LogP contribution is -2.50. The molecule has 8 nitrogen and oxygen atoms in total. The second kappa shape index (κ2) is 7.71. The van der Waals surface area contributed by atoms with Gasteiger partial charge in [0, 0.05) is 10.9 Å². The molecule has 1 aliphatic rings. The molecule has 2 N–H and O–H groups in total. The minimum Gasteiger partial charge on any atom is -0.463 e. The molecule has 0 fully saturated rings. The maximum Gasteiger partial charge on any atom is 0.374 e. The van der Waals surface area contributed by atoms with Gasteiger partial charge in [0.15, 0.2) is 11.4 Å². The second-order valence-electron chi connectivity index (χ2n) is 6.18. The van der Waals surface area contributed by atoms with E-state index in [4.69, 9.17) is 13.9 Å². The molecule has 2 amide bonds. The number of benzene rings is 1. The van der Waals surface area contributed by atoms with E-state index >= 15 is 0 Å². The molecule has 2 aromatic rings. The monoisotopic (exact) mass is 390 g/mol. The summed E-state index contributed by atoms with van der Waals surface area (Å²) in [6.07, 6.45) is 0. The van der Waals surface area contributed by atoms with Crippen LogP contribution in [-0.4, -0.2) is 37.2 Å². The smallest absolute Gasteiger partial charge is 0.374 e. The van der Waals surface area contributed by atoms with Crippen molar-refractivity contribution >= 4 is 28.9 Å². The Kier molecular flexibility index (Phi) is 5.34. The summed E-state index contributed by atoms with van der Waals surface area (Å²) in [4.78, 5) is 36.4. The molecule has 0 radical (unpaired) electrons. The van der Waals surface area contributed by atoms with Crippen molar-refractivity contribution in [1.29, 1.82) is 0 Å². The summed E-state index contributed by atoms with van der Waals surface area (Å²) in [5.74, 6) is -2.21. The highest BCUT2D eigenvalue weighted by Gasteiger charge is 2.31. The van der Waals surface area contributed by atoms with Gasteiger partial charge in [0.1, 0.15) is 6.61 Å². The average molecular weight is 390 g/mol. The van der Waals surface area contributed by atoms with Gasteiger partial charge in [0.2, 0.25) is 5.76 Å². The van der Waals surface area contributed by atoms with Crippen LogP contribution < -0.4 is 10.6 Å². The molecule has 9 heteroatoms. The Bertz CT molecular complexity index is 994. The number of hydrogen-bond acceptors (Lipinski definition) is 6. The van der Waals surface area contributed by atoms with E-state index in [1.54, 1.807) is 26.8 Å². The van der Waals surface area contributed by atoms with Crippen LogP contribution in [0.4, 0.5) is 9.18 Å². The van der Waals surface area contributed by atoms with Crippen LogP contribution in [0.1, 0.15) is 30.0 Å². The van der Waals surface area contributed by atoms with E-state index in [2.05, 4.69) is 10.6 Å². The van der Waals surface area contributed by atoms with Crippen molar-refractivity contribution < 1.29 is 32.7 Å². The normalized spacial score (nSPS) is 16.6. The van der Waals surface area contributed by atoms with Crippen LogP contribution in [0.15, 0.2) is 33.9 Å². The molecular formula is C19H19FN2O6. The molecule has 3 rings (SSSR count). The molecule has 1 unspecified atom stereocenters. The Balaban J connectivity index is 1.85. The number of halogens is 1. The highest BCUT2D eigenvalue weighted by molar-refractivity contribution is 5.97. The zero-order chi connectivity index (χ0) is 20.4. The summed E-state index contributed by atoms with van der Waals surface area (Å²) >= 11 is 0. The number of esters is 2. The first-order chi connectivity index (χ1) is 13.3. The van der Waals surface area contributed by atoms with E-state index in [1.807, 2.05) is 0 Å². The lowest BCUT2D eigenvalue weighted by molar-refractivity contribution is -0.139. The fourth-order valence-electron chi connectivity index (χ4n) is 3.00. The number of amides is 2. The minimum absolute atomic E-state index is 0.0397. The number of fused-ring (bicyclic) bond motifs is 1. The summed E-state index contributed by atoms with van der Waals surface area (Å²) in [6, 6.07) is 3.21. The number of rotatable bonds is 5. The maximum atomic E-state index is 13.9. The molecule has 148 valence electrons. The molecule has 0 saturated heterocycles. The van der Waals surface area contributed by atoms with Crippen LogP contribution >= 0.6 is 0 Å². The Labute approximate surface area is 159 Å². The third kappa shape index (κ3) is 3.55. The minimum atomic E-state index is -0.843. The quantitative estimate of drug-likeness (QED) is 0.760. The summed E-state index contributed by atoms with van der Waals surface area (Å²) < 4.78 is 29.4. The van der Waals surface area contributed by atoms with Gasteiger partial charge in [0.25, 0.3) is 0 Å².